The Morgan fingerprint density at radius 1 is 0.750 bits per heavy atom. The molecule has 2 heterocycles. The number of rotatable bonds is 4. The Balaban J connectivity index is 1.80. The van der Waals surface area contributed by atoms with Gasteiger partial charge in [-0.25, -0.2) is 4.98 Å². The predicted octanol–water partition coefficient (Wildman–Crippen LogP) is 6.19. The van der Waals surface area contributed by atoms with Crippen molar-refractivity contribution in [3.05, 3.63) is 114 Å². The highest BCUT2D eigenvalue weighted by molar-refractivity contribution is 5.61. The monoisotopic (exact) mass is 422 g/mol. The van der Waals surface area contributed by atoms with Crippen LogP contribution in [0.3, 0.4) is 0 Å². The number of anilines is 2. The largest absolute Gasteiger partial charge is 0.338 e. The van der Waals surface area contributed by atoms with Gasteiger partial charge in [0.1, 0.15) is 6.17 Å². The van der Waals surface area contributed by atoms with E-state index in [0.29, 0.717) is 0 Å². The summed E-state index contributed by atoms with van der Waals surface area (Å²) in [5, 5.41) is 0. The predicted molar refractivity (Wildman–Crippen MR) is 132 cm³/mol. The maximum absolute atomic E-state index is 4.80. The summed E-state index contributed by atoms with van der Waals surface area (Å²) in [4.78, 5) is 9.89. The molecule has 4 heteroatoms. The lowest BCUT2D eigenvalue weighted by atomic mass is 9.98. The lowest BCUT2D eigenvalue weighted by Crippen LogP contribution is -2.35. The second kappa shape index (κ2) is 8.19. The van der Waals surface area contributed by atoms with Crippen molar-refractivity contribution in [1.29, 1.82) is 0 Å². The Bertz CT molecular complexity index is 1180. The van der Waals surface area contributed by atoms with Crippen molar-refractivity contribution in [3.63, 3.8) is 0 Å². The first-order chi connectivity index (χ1) is 15.6. The molecule has 0 radical (unpaired) electrons. The Morgan fingerprint density at radius 3 is 1.97 bits per heavy atom. The van der Waals surface area contributed by atoms with Crippen molar-refractivity contribution >= 4 is 11.6 Å². The second-order valence-corrected chi connectivity index (χ2v) is 8.76. The van der Waals surface area contributed by atoms with Crippen LogP contribution >= 0.6 is 0 Å². The third-order valence-electron chi connectivity index (χ3n) is 6.74. The number of benzene rings is 3. The van der Waals surface area contributed by atoms with Gasteiger partial charge in [-0.2, -0.15) is 0 Å². The first-order valence-electron chi connectivity index (χ1n) is 11.3. The van der Waals surface area contributed by atoms with E-state index in [9.17, 15) is 0 Å². The van der Waals surface area contributed by atoms with Gasteiger partial charge in [0.25, 0.3) is 0 Å². The zero-order chi connectivity index (χ0) is 22.2. The van der Waals surface area contributed by atoms with E-state index in [1.54, 1.807) is 0 Å². The number of hydrogen-bond donors (Lipinski definition) is 0. The summed E-state index contributed by atoms with van der Waals surface area (Å²) in [6.45, 7) is 6.78. The molecule has 0 bridgehead atoms. The number of aryl methyl sites for hydroxylation is 3. The molecule has 162 valence electrons. The van der Waals surface area contributed by atoms with Gasteiger partial charge in [-0.15, -0.1) is 0 Å². The molecule has 0 N–H and O–H groups in total. The van der Waals surface area contributed by atoms with Crippen LogP contribution in [0.4, 0.5) is 11.6 Å². The molecule has 4 aromatic rings. The number of imidazole rings is 1. The fourth-order valence-electron chi connectivity index (χ4n) is 5.30. The number of para-hydroxylation sites is 1. The summed E-state index contributed by atoms with van der Waals surface area (Å²) in [6.07, 6.45) is 3.96. The quantitative estimate of drug-likeness (QED) is 0.392. The van der Waals surface area contributed by atoms with E-state index in [1.807, 2.05) is 12.4 Å². The Hall–Kier alpha value is -3.53. The van der Waals surface area contributed by atoms with Crippen LogP contribution in [0, 0.1) is 13.8 Å². The van der Waals surface area contributed by atoms with E-state index < -0.39 is 0 Å². The summed E-state index contributed by atoms with van der Waals surface area (Å²) >= 11 is 0. The van der Waals surface area contributed by atoms with Gasteiger partial charge in [-0.05, 0) is 49.6 Å². The van der Waals surface area contributed by atoms with Crippen LogP contribution in [-0.2, 0) is 7.05 Å². The van der Waals surface area contributed by atoms with Crippen molar-refractivity contribution in [3.8, 4) is 0 Å². The van der Waals surface area contributed by atoms with Crippen molar-refractivity contribution < 1.29 is 0 Å². The number of aromatic nitrogens is 2. The fraction of sp³-hybridized carbons (Fsp3) is 0.250. The van der Waals surface area contributed by atoms with Crippen molar-refractivity contribution in [2.24, 2.45) is 7.05 Å². The first-order valence-corrected chi connectivity index (χ1v) is 11.3. The standard InChI is InChI=1S/C28H30N4/c1-20-12-11-13-21(2)25(20)27-31(28-29-18-19-30(28)4)22(3)26(23-14-7-5-8-15-23)32(27)24-16-9-6-10-17-24/h5-19,22,26-27H,1-4H3/t22-,26?,27?/m0/s1. The molecule has 0 amide bonds. The molecule has 1 aromatic heterocycles. The average Bonchev–Trinajstić information content (AvgIpc) is 3.35. The highest BCUT2D eigenvalue weighted by atomic mass is 15.5. The first kappa shape index (κ1) is 20.4. The van der Waals surface area contributed by atoms with Crippen LogP contribution in [0.25, 0.3) is 0 Å². The zero-order valence-corrected chi connectivity index (χ0v) is 19.2. The minimum atomic E-state index is 0.0277. The molecule has 5 rings (SSSR count). The molecule has 2 unspecified atom stereocenters. The molecule has 1 aliphatic heterocycles. The number of nitrogens with zero attached hydrogens (tertiary/aromatic N) is 4. The molecule has 3 aromatic carbocycles. The third-order valence-corrected chi connectivity index (χ3v) is 6.74. The molecule has 32 heavy (non-hydrogen) atoms. The van der Waals surface area contributed by atoms with E-state index >= 15 is 0 Å². The number of hydrogen-bond acceptors (Lipinski definition) is 3. The van der Waals surface area contributed by atoms with E-state index in [0.717, 1.165) is 5.95 Å². The van der Waals surface area contributed by atoms with Gasteiger partial charge in [0, 0.05) is 30.7 Å². The molecule has 1 saturated heterocycles. The van der Waals surface area contributed by atoms with Crippen molar-refractivity contribution in [2.45, 2.75) is 39.0 Å². The molecule has 3 atom stereocenters. The fourth-order valence-corrected chi connectivity index (χ4v) is 5.30. The van der Waals surface area contributed by atoms with Crippen molar-refractivity contribution in [1.82, 2.24) is 9.55 Å². The SMILES string of the molecule is Cc1cccc(C)c1C1N(c2ccccc2)C(c2ccccc2)[C@H](C)N1c1nccn1C. The maximum atomic E-state index is 4.80. The second-order valence-electron chi connectivity index (χ2n) is 8.76. The van der Waals surface area contributed by atoms with Crippen LogP contribution in [0.15, 0.2) is 91.3 Å². The van der Waals surface area contributed by atoms with Gasteiger partial charge in [-0.3, -0.25) is 0 Å². The normalized spacial score (nSPS) is 20.7. The van der Waals surface area contributed by atoms with Gasteiger partial charge in [0.15, 0.2) is 0 Å². The Kier molecular flexibility index (Phi) is 5.22. The molecule has 0 aliphatic carbocycles. The van der Waals surface area contributed by atoms with Gasteiger partial charge in [0.2, 0.25) is 5.95 Å². The highest BCUT2D eigenvalue weighted by Gasteiger charge is 2.48. The molecule has 0 saturated carbocycles. The van der Waals surface area contributed by atoms with Gasteiger partial charge in [-0.1, -0.05) is 66.7 Å². The summed E-state index contributed by atoms with van der Waals surface area (Å²) in [6, 6.07) is 28.7. The zero-order valence-electron chi connectivity index (χ0n) is 19.2. The lowest BCUT2D eigenvalue weighted by molar-refractivity contribution is 0.618. The van der Waals surface area contributed by atoms with Crippen LogP contribution < -0.4 is 9.80 Å². The van der Waals surface area contributed by atoms with Gasteiger partial charge in [0.05, 0.1) is 12.1 Å². The molecular formula is C28H30N4. The van der Waals surface area contributed by atoms with E-state index in [2.05, 4.69) is 121 Å². The summed E-state index contributed by atoms with van der Waals surface area (Å²) in [5.41, 5.74) is 6.49. The topological polar surface area (TPSA) is 24.3 Å². The highest BCUT2D eigenvalue weighted by Crippen LogP contribution is 2.50. The third kappa shape index (κ3) is 3.27. The van der Waals surface area contributed by atoms with E-state index in [1.165, 1.54) is 27.9 Å². The molecule has 4 nitrogen and oxygen atoms in total. The summed E-state index contributed by atoms with van der Waals surface area (Å²) in [5.74, 6) is 0.990. The minimum absolute atomic E-state index is 0.0277. The Morgan fingerprint density at radius 2 is 1.38 bits per heavy atom. The average molecular weight is 423 g/mol. The van der Waals surface area contributed by atoms with Crippen LogP contribution in [-0.4, -0.2) is 15.6 Å². The molecular weight excluding hydrogens is 392 g/mol. The lowest BCUT2D eigenvalue weighted by Gasteiger charge is -2.36. The van der Waals surface area contributed by atoms with Gasteiger partial charge < -0.3 is 14.4 Å². The molecule has 0 spiro atoms. The van der Waals surface area contributed by atoms with Crippen LogP contribution in [0.5, 0.6) is 0 Å². The smallest absolute Gasteiger partial charge is 0.207 e. The van der Waals surface area contributed by atoms with Crippen molar-refractivity contribution in [2.75, 3.05) is 9.80 Å². The van der Waals surface area contributed by atoms with E-state index in [4.69, 9.17) is 4.98 Å². The molecule has 1 fully saturated rings. The van der Waals surface area contributed by atoms with Crippen LogP contribution in [0.2, 0.25) is 0 Å². The van der Waals surface area contributed by atoms with E-state index in [-0.39, 0.29) is 18.2 Å². The van der Waals surface area contributed by atoms with Crippen LogP contribution in [0.1, 0.15) is 41.4 Å². The van der Waals surface area contributed by atoms with Gasteiger partial charge >= 0.3 is 0 Å². The molecule has 1 aliphatic rings. The maximum Gasteiger partial charge on any atom is 0.207 e. The minimum Gasteiger partial charge on any atom is -0.338 e. The Labute approximate surface area is 190 Å². The summed E-state index contributed by atoms with van der Waals surface area (Å²) in [7, 11) is 2.08. The summed E-state index contributed by atoms with van der Waals surface area (Å²) < 4.78 is 2.13.